The Labute approximate surface area is 269 Å². The van der Waals surface area contributed by atoms with Gasteiger partial charge in [0.2, 0.25) is 23.6 Å². The number of hydrogen-bond acceptors (Lipinski definition) is 15. The molecule has 2 aliphatic rings. The van der Waals surface area contributed by atoms with Crippen LogP contribution in [-0.4, -0.2) is 169 Å². The summed E-state index contributed by atoms with van der Waals surface area (Å²) in [6, 6.07) is -5.88. The minimum Gasteiger partial charge on any atom is -0.481 e. The number of amides is 4. The van der Waals surface area contributed by atoms with E-state index in [1.165, 1.54) is 13.8 Å². The van der Waals surface area contributed by atoms with Crippen molar-refractivity contribution in [3.63, 3.8) is 0 Å². The summed E-state index contributed by atoms with van der Waals surface area (Å²) < 4.78 is 16.7. The lowest BCUT2D eigenvalue weighted by molar-refractivity contribution is -0.268. The van der Waals surface area contributed by atoms with Gasteiger partial charge in [-0.25, -0.2) is 0 Å². The molecule has 0 aromatic rings. The number of carboxylic acids is 1. The van der Waals surface area contributed by atoms with Gasteiger partial charge < -0.3 is 77.0 Å². The van der Waals surface area contributed by atoms with Gasteiger partial charge in [0, 0.05) is 20.4 Å². The van der Waals surface area contributed by atoms with Crippen LogP contribution >= 0.6 is 0 Å². The van der Waals surface area contributed by atoms with E-state index in [0.29, 0.717) is 0 Å². The van der Waals surface area contributed by atoms with E-state index in [2.05, 4.69) is 10.6 Å². The van der Waals surface area contributed by atoms with Crippen molar-refractivity contribution in [2.45, 2.75) is 113 Å². The molecule has 14 atom stereocenters. The van der Waals surface area contributed by atoms with Crippen LogP contribution in [-0.2, 0) is 38.2 Å². The molecule has 2 saturated heterocycles. The van der Waals surface area contributed by atoms with E-state index < -0.39 is 141 Å². The number of nitrogens with zero attached hydrogens (tertiary/aromatic N) is 1. The van der Waals surface area contributed by atoms with Crippen LogP contribution in [0.2, 0.25) is 0 Å². The Morgan fingerprint density at radius 3 is 1.87 bits per heavy atom. The van der Waals surface area contributed by atoms with Crippen LogP contribution in [0, 0.1) is 5.92 Å². The number of aliphatic hydroxyl groups excluding tert-OH is 6. The van der Waals surface area contributed by atoms with Crippen molar-refractivity contribution in [1.29, 1.82) is 0 Å². The zero-order valence-corrected chi connectivity index (χ0v) is 26.4. The van der Waals surface area contributed by atoms with Gasteiger partial charge in [-0.05, 0) is 20.3 Å². The van der Waals surface area contributed by atoms with Crippen LogP contribution in [0.4, 0.5) is 0 Å². The molecule has 4 amide bonds. The quantitative estimate of drug-likeness (QED) is 0.0765. The van der Waals surface area contributed by atoms with Crippen molar-refractivity contribution in [1.82, 2.24) is 15.5 Å². The number of primary amides is 1. The summed E-state index contributed by atoms with van der Waals surface area (Å²) in [4.78, 5) is 63.4. The first-order valence-electron chi connectivity index (χ1n) is 14.9. The highest BCUT2D eigenvalue weighted by molar-refractivity contribution is 5.89. The molecule has 0 bridgehead atoms. The topological polar surface area (TPSA) is 334 Å². The van der Waals surface area contributed by atoms with Gasteiger partial charge in [-0.2, -0.15) is 0 Å². The Kier molecular flexibility index (Phi) is 14.8. The Hall–Kier alpha value is -3.05. The molecule has 2 rings (SSSR count). The first kappa shape index (κ1) is 40.1. The average molecular weight is 682 g/mol. The number of hydrogen-bond donors (Lipinski definition) is 11. The lowest BCUT2D eigenvalue weighted by atomic mass is 9.82. The van der Waals surface area contributed by atoms with Gasteiger partial charge in [-0.15, -0.1) is 0 Å². The van der Waals surface area contributed by atoms with E-state index >= 15 is 0 Å². The molecule has 47 heavy (non-hydrogen) atoms. The van der Waals surface area contributed by atoms with Crippen LogP contribution in [0.1, 0.15) is 34.1 Å². The first-order chi connectivity index (χ1) is 21.9. The standard InChI is InChI=1S/C27H47N5O15/c1-9(45-23-18(31-12(4)36)27(44)47-16(8-34)20(23)38)6-32(25(41)10(2)28)14(24(29)40)5-13(26(42)43)22-17(30-11(3)35)21(39)19(37)15(7-33)46-22/h9-10,13-23,27,33-34,37-39,44H,5-8,28H2,1-4H3,(H2,29,40)(H,30,35)(H,31,36)(H,42,43)/t9?,10-,13?,14+,15+,16+,17+,18+,19+,20+,21+,22?,23+,27-/m0/s1. The molecule has 0 aromatic heterocycles. The Bertz CT molecular complexity index is 1110. The summed E-state index contributed by atoms with van der Waals surface area (Å²) >= 11 is 0. The summed E-state index contributed by atoms with van der Waals surface area (Å²) in [5.41, 5.74) is 11.5. The number of carbonyl (C=O) groups is 5. The molecule has 2 aliphatic heterocycles. The highest BCUT2D eigenvalue weighted by atomic mass is 16.6. The van der Waals surface area contributed by atoms with Crippen LogP contribution in [0.25, 0.3) is 0 Å². The maximum atomic E-state index is 13.4. The van der Waals surface area contributed by atoms with Crippen molar-refractivity contribution in [3.8, 4) is 0 Å². The fraction of sp³-hybridized carbons (Fsp3) is 0.815. The first-order valence-corrected chi connectivity index (χ1v) is 14.9. The minimum atomic E-state index is -1.81. The largest absolute Gasteiger partial charge is 0.481 e. The number of nitrogens with two attached hydrogens (primary N) is 2. The lowest BCUT2D eigenvalue weighted by Gasteiger charge is -2.45. The van der Waals surface area contributed by atoms with Crippen molar-refractivity contribution in [2.24, 2.45) is 17.4 Å². The van der Waals surface area contributed by atoms with Crippen molar-refractivity contribution in [3.05, 3.63) is 0 Å². The highest BCUT2D eigenvalue weighted by Crippen LogP contribution is 2.31. The molecule has 0 spiro atoms. The second kappa shape index (κ2) is 17.4. The highest BCUT2D eigenvalue weighted by Gasteiger charge is 2.51. The van der Waals surface area contributed by atoms with Crippen LogP contribution in [0.3, 0.4) is 0 Å². The SMILES string of the molecule is CC(=O)N[C@@H]1[C@@H](OC(C)CN(C(=O)[C@H](C)N)[C@H](CC(C(=O)O)C2O[C@H](CO)[C@@H](O)[C@H](O)[C@H]2NC(C)=O)C(N)=O)[C@H](O)[C@@H](CO)O[C@@H]1O. The predicted molar refractivity (Wildman–Crippen MR) is 155 cm³/mol. The van der Waals surface area contributed by atoms with Crippen molar-refractivity contribution < 1.29 is 73.9 Å². The molecular weight excluding hydrogens is 634 g/mol. The molecule has 0 aliphatic carbocycles. The van der Waals surface area contributed by atoms with Gasteiger partial charge >= 0.3 is 5.97 Å². The van der Waals surface area contributed by atoms with Gasteiger partial charge in [-0.1, -0.05) is 0 Å². The number of nitrogens with one attached hydrogen (secondary N) is 2. The van der Waals surface area contributed by atoms with Crippen LogP contribution in [0.5, 0.6) is 0 Å². The van der Waals surface area contributed by atoms with Gasteiger partial charge in [-0.3, -0.25) is 24.0 Å². The third-order valence-electron chi connectivity index (χ3n) is 7.99. The number of ether oxygens (including phenoxy) is 3. The Balaban J connectivity index is 2.47. The number of carboxylic acid groups (broad SMARTS) is 1. The molecule has 2 fully saturated rings. The van der Waals surface area contributed by atoms with Crippen LogP contribution < -0.4 is 22.1 Å². The number of carbonyl (C=O) groups excluding carboxylic acids is 4. The summed E-state index contributed by atoms with van der Waals surface area (Å²) in [5.74, 6) is -6.83. The smallest absolute Gasteiger partial charge is 0.309 e. The molecule has 3 unspecified atom stereocenters. The van der Waals surface area contributed by atoms with E-state index in [1.54, 1.807) is 0 Å². The molecule has 270 valence electrons. The van der Waals surface area contributed by atoms with Gasteiger partial charge in [0.15, 0.2) is 6.29 Å². The normalized spacial score (nSPS) is 33.5. The van der Waals surface area contributed by atoms with Gasteiger partial charge in [0.25, 0.3) is 0 Å². The summed E-state index contributed by atoms with van der Waals surface area (Å²) in [7, 11) is 0. The lowest BCUT2D eigenvalue weighted by Crippen LogP contribution is -2.67. The summed E-state index contributed by atoms with van der Waals surface area (Å²) in [6.45, 7) is 2.77. The van der Waals surface area contributed by atoms with Gasteiger partial charge in [0.1, 0.15) is 48.7 Å². The fourth-order valence-corrected chi connectivity index (χ4v) is 5.76. The number of rotatable bonds is 15. The molecular formula is C27H47N5O15. The van der Waals surface area contributed by atoms with Gasteiger partial charge in [0.05, 0.1) is 43.4 Å². The predicted octanol–water partition coefficient (Wildman–Crippen LogP) is -6.56. The molecule has 2 heterocycles. The van der Waals surface area contributed by atoms with E-state index in [0.717, 1.165) is 18.7 Å². The van der Waals surface area contributed by atoms with Crippen molar-refractivity contribution in [2.75, 3.05) is 19.8 Å². The fourth-order valence-electron chi connectivity index (χ4n) is 5.76. The van der Waals surface area contributed by atoms with Crippen LogP contribution in [0.15, 0.2) is 0 Å². The number of aliphatic hydroxyl groups is 6. The molecule has 20 heteroatoms. The maximum absolute atomic E-state index is 13.4. The summed E-state index contributed by atoms with van der Waals surface area (Å²) in [5, 5.41) is 76.5. The second-order valence-corrected chi connectivity index (χ2v) is 11.8. The van der Waals surface area contributed by atoms with E-state index in [-0.39, 0.29) is 0 Å². The molecule has 0 radical (unpaired) electrons. The third-order valence-corrected chi connectivity index (χ3v) is 7.99. The van der Waals surface area contributed by atoms with E-state index in [1.807, 2.05) is 0 Å². The number of aliphatic carboxylic acids is 1. The monoisotopic (exact) mass is 681 g/mol. The zero-order valence-electron chi connectivity index (χ0n) is 26.4. The van der Waals surface area contributed by atoms with Crippen molar-refractivity contribution >= 4 is 29.6 Å². The maximum Gasteiger partial charge on any atom is 0.309 e. The minimum absolute atomic E-state index is 0.516. The molecule has 20 nitrogen and oxygen atoms in total. The zero-order chi connectivity index (χ0) is 35.9. The average Bonchev–Trinajstić information content (AvgIpc) is 2.98. The molecule has 0 aromatic carbocycles. The molecule has 0 saturated carbocycles. The van der Waals surface area contributed by atoms with E-state index in [9.17, 15) is 59.7 Å². The third kappa shape index (κ3) is 9.98. The van der Waals surface area contributed by atoms with E-state index in [4.69, 9.17) is 25.7 Å². The molecule has 13 N–H and O–H groups in total. The Morgan fingerprint density at radius 2 is 1.40 bits per heavy atom. The second-order valence-electron chi connectivity index (χ2n) is 11.8. The summed E-state index contributed by atoms with van der Waals surface area (Å²) in [6.07, 6.45) is -14.6. The Morgan fingerprint density at radius 1 is 0.872 bits per heavy atom.